The molecule has 0 atom stereocenters. The molecule has 0 bridgehead atoms. The average Bonchev–Trinajstić information content (AvgIpc) is 3.00. The van der Waals surface area contributed by atoms with Gasteiger partial charge in [-0.15, -0.1) is 0 Å². The molecular formula is C12H19N3O4S. The van der Waals surface area contributed by atoms with Crippen LogP contribution in [0.5, 0.6) is 0 Å². The van der Waals surface area contributed by atoms with Gasteiger partial charge in [-0.3, -0.25) is 4.84 Å². The highest BCUT2D eigenvalue weighted by atomic mass is 32.2. The summed E-state index contributed by atoms with van der Waals surface area (Å²) < 4.78 is 30.2. The zero-order valence-corrected chi connectivity index (χ0v) is 12.1. The van der Waals surface area contributed by atoms with Crippen LogP contribution in [0.3, 0.4) is 0 Å². The third-order valence-corrected chi connectivity index (χ3v) is 5.85. The van der Waals surface area contributed by atoms with Crippen molar-refractivity contribution >= 4 is 15.9 Å². The zero-order valence-electron chi connectivity index (χ0n) is 11.3. The molecular weight excluding hydrogens is 282 g/mol. The maximum absolute atomic E-state index is 12.4. The van der Waals surface area contributed by atoms with Crippen LogP contribution in [0.15, 0.2) is 9.64 Å². The van der Waals surface area contributed by atoms with Crippen LogP contribution >= 0.6 is 0 Å². The van der Waals surface area contributed by atoms with Crippen LogP contribution in [-0.2, 0) is 14.7 Å². The van der Waals surface area contributed by atoms with Crippen LogP contribution in [-0.4, -0.2) is 37.0 Å². The van der Waals surface area contributed by atoms with Crippen LogP contribution in [0.25, 0.3) is 0 Å². The van der Waals surface area contributed by atoms with E-state index in [0.717, 1.165) is 32.1 Å². The Bertz CT molecular complexity index is 545. The van der Waals surface area contributed by atoms with Gasteiger partial charge in [0.1, 0.15) is 0 Å². The van der Waals surface area contributed by atoms with Crippen molar-refractivity contribution < 1.29 is 17.7 Å². The van der Waals surface area contributed by atoms with Crippen molar-refractivity contribution in [3.05, 3.63) is 0 Å². The highest BCUT2D eigenvalue weighted by Crippen LogP contribution is 2.29. The smallest absolute Gasteiger partial charge is 0.343 e. The summed E-state index contributed by atoms with van der Waals surface area (Å²) in [7, 11) is -3.50. The van der Waals surface area contributed by atoms with Gasteiger partial charge in [-0.05, 0) is 25.7 Å². The first-order valence-electron chi connectivity index (χ1n) is 7.16. The van der Waals surface area contributed by atoms with E-state index >= 15 is 0 Å². The van der Waals surface area contributed by atoms with Crippen molar-refractivity contribution in [2.24, 2.45) is 0 Å². The Morgan fingerprint density at radius 3 is 2.55 bits per heavy atom. The molecule has 1 aliphatic carbocycles. The van der Waals surface area contributed by atoms with Crippen molar-refractivity contribution in [3.63, 3.8) is 0 Å². The molecule has 112 valence electrons. The molecule has 2 fully saturated rings. The maximum Gasteiger partial charge on any atom is 0.343 e. The Kier molecular flexibility index (Phi) is 3.93. The van der Waals surface area contributed by atoms with Gasteiger partial charge in [-0.1, -0.05) is 29.5 Å². The van der Waals surface area contributed by atoms with Crippen molar-refractivity contribution in [1.29, 1.82) is 0 Å². The molecule has 1 aromatic rings. The van der Waals surface area contributed by atoms with E-state index in [-0.39, 0.29) is 16.5 Å². The summed E-state index contributed by atoms with van der Waals surface area (Å²) in [4.78, 5) is 5.38. The molecule has 0 aromatic carbocycles. The first kappa shape index (κ1) is 13.8. The number of rotatable bonds is 3. The summed E-state index contributed by atoms with van der Waals surface area (Å²) in [5.74, 6) is 0. The van der Waals surface area contributed by atoms with Crippen LogP contribution in [0.1, 0.15) is 44.9 Å². The molecule has 3 rings (SSSR count). The second kappa shape index (κ2) is 5.69. The summed E-state index contributed by atoms with van der Waals surface area (Å²) in [6, 6.07) is 0.138. The molecule has 0 N–H and O–H groups in total. The lowest BCUT2D eigenvalue weighted by atomic mass is 10.0. The average molecular weight is 301 g/mol. The number of nitrogens with zero attached hydrogens (tertiary/aromatic N) is 3. The molecule has 7 nitrogen and oxygen atoms in total. The lowest BCUT2D eigenvalue weighted by Gasteiger charge is -2.23. The minimum absolute atomic E-state index is 0.138. The molecule has 2 aliphatic rings. The van der Waals surface area contributed by atoms with Crippen LogP contribution in [0, 0.1) is 0 Å². The third-order valence-electron chi connectivity index (χ3n) is 3.85. The van der Waals surface area contributed by atoms with Gasteiger partial charge < -0.3 is 4.42 Å². The molecule has 1 aliphatic heterocycles. The lowest BCUT2D eigenvalue weighted by molar-refractivity contribution is 0.0654. The van der Waals surface area contributed by atoms with E-state index in [0.29, 0.717) is 26.0 Å². The molecule has 1 saturated carbocycles. The molecule has 0 spiro atoms. The minimum atomic E-state index is -3.50. The molecule has 2 heterocycles. The highest BCUT2D eigenvalue weighted by molar-refractivity contribution is 7.91. The Hall–Kier alpha value is -1.15. The standard InChI is InChI=1S/C12H19N3O4S/c16-20(17,10-6-2-1-3-7-10)12-14-13-11(19-12)15-8-4-5-9-18-15/h10H,1-9H2. The summed E-state index contributed by atoms with van der Waals surface area (Å²) >= 11 is 0. The van der Waals surface area contributed by atoms with Gasteiger partial charge in [-0.2, -0.15) is 0 Å². The largest absolute Gasteiger partial charge is 0.393 e. The maximum atomic E-state index is 12.4. The molecule has 1 aromatic heterocycles. The second-order valence-electron chi connectivity index (χ2n) is 5.30. The monoisotopic (exact) mass is 301 g/mol. The molecule has 0 amide bonds. The SMILES string of the molecule is O=S(=O)(c1nnc(N2CCCCO2)o1)C1CCCCC1. The normalized spacial score (nSPS) is 22.1. The quantitative estimate of drug-likeness (QED) is 0.840. The highest BCUT2D eigenvalue weighted by Gasteiger charge is 2.34. The third kappa shape index (κ3) is 2.67. The van der Waals surface area contributed by atoms with E-state index in [9.17, 15) is 8.42 Å². The lowest BCUT2D eigenvalue weighted by Crippen LogP contribution is -2.30. The molecule has 1 saturated heterocycles. The number of hydroxylamine groups is 1. The summed E-state index contributed by atoms with van der Waals surface area (Å²) in [5, 5.41) is 8.35. The van der Waals surface area contributed by atoms with Gasteiger partial charge in [0.2, 0.25) is 9.84 Å². The van der Waals surface area contributed by atoms with Gasteiger partial charge >= 0.3 is 11.2 Å². The Morgan fingerprint density at radius 2 is 1.85 bits per heavy atom. The van der Waals surface area contributed by atoms with Gasteiger partial charge in [-0.25, -0.2) is 13.5 Å². The van der Waals surface area contributed by atoms with Crippen molar-refractivity contribution in [3.8, 4) is 0 Å². The van der Waals surface area contributed by atoms with Crippen molar-refractivity contribution in [2.45, 2.75) is 55.4 Å². The number of hydrogen-bond donors (Lipinski definition) is 0. The molecule has 0 unspecified atom stereocenters. The summed E-state index contributed by atoms with van der Waals surface area (Å²) in [5.41, 5.74) is 0. The van der Waals surface area contributed by atoms with E-state index in [1.54, 1.807) is 0 Å². The van der Waals surface area contributed by atoms with Gasteiger partial charge in [0.05, 0.1) is 18.4 Å². The van der Waals surface area contributed by atoms with Crippen molar-refractivity contribution in [1.82, 2.24) is 10.2 Å². The van der Waals surface area contributed by atoms with E-state index < -0.39 is 9.84 Å². The Balaban J connectivity index is 1.78. The fraction of sp³-hybridized carbons (Fsp3) is 0.833. The van der Waals surface area contributed by atoms with E-state index in [1.807, 2.05) is 0 Å². The summed E-state index contributed by atoms with van der Waals surface area (Å²) in [6.45, 7) is 1.23. The van der Waals surface area contributed by atoms with E-state index in [4.69, 9.17) is 9.25 Å². The van der Waals surface area contributed by atoms with Crippen molar-refractivity contribution in [2.75, 3.05) is 18.2 Å². The van der Waals surface area contributed by atoms with Gasteiger partial charge in [0, 0.05) is 0 Å². The Labute approximate surface area is 118 Å². The molecule has 8 heteroatoms. The second-order valence-corrected chi connectivity index (χ2v) is 7.40. The van der Waals surface area contributed by atoms with E-state index in [2.05, 4.69) is 10.2 Å². The molecule has 0 radical (unpaired) electrons. The van der Waals surface area contributed by atoms with Gasteiger partial charge in [0.15, 0.2) is 0 Å². The summed E-state index contributed by atoms with van der Waals surface area (Å²) in [6.07, 6.45) is 6.30. The first-order valence-corrected chi connectivity index (χ1v) is 8.70. The fourth-order valence-electron chi connectivity index (χ4n) is 2.68. The number of anilines is 1. The first-order chi connectivity index (χ1) is 9.68. The minimum Gasteiger partial charge on any atom is -0.393 e. The number of hydrogen-bond acceptors (Lipinski definition) is 7. The number of aromatic nitrogens is 2. The Morgan fingerprint density at radius 1 is 1.05 bits per heavy atom. The zero-order chi connectivity index (χ0) is 14.0. The van der Waals surface area contributed by atoms with Gasteiger partial charge in [0.25, 0.3) is 0 Å². The number of sulfone groups is 1. The predicted molar refractivity (Wildman–Crippen MR) is 70.9 cm³/mol. The van der Waals surface area contributed by atoms with Crippen LogP contribution in [0.2, 0.25) is 0 Å². The topological polar surface area (TPSA) is 85.5 Å². The fourth-order valence-corrected chi connectivity index (χ4v) is 4.27. The van der Waals surface area contributed by atoms with E-state index in [1.165, 1.54) is 5.06 Å². The molecule has 20 heavy (non-hydrogen) atoms. The predicted octanol–water partition coefficient (Wildman–Crippen LogP) is 1.71. The van der Waals surface area contributed by atoms with Crippen LogP contribution < -0.4 is 5.06 Å². The van der Waals surface area contributed by atoms with Crippen LogP contribution in [0.4, 0.5) is 6.01 Å².